The molecule has 3 nitrogen and oxygen atoms in total. The summed E-state index contributed by atoms with van der Waals surface area (Å²) in [5.41, 5.74) is 2.89. The topological polar surface area (TPSA) is 30.7 Å². The fraction of sp³-hybridized carbons (Fsp3) is 0.333. The quantitative estimate of drug-likeness (QED) is 0.601. The van der Waals surface area contributed by atoms with Crippen LogP contribution in [0.25, 0.3) is 11.2 Å². The zero-order chi connectivity index (χ0) is 15.1. The van der Waals surface area contributed by atoms with Crippen LogP contribution in [0.3, 0.4) is 0 Å². The Kier molecular flexibility index (Phi) is 3.95. The van der Waals surface area contributed by atoms with E-state index in [0.717, 1.165) is 26.9 Å². The van der Waals surface area contributed by atoms with Crippen molar-refractivity contribution in [2.75, 3.05) is 0 Å². The highest BCUT2D eigenvalue weighted by molar-refractivity contribution is 7.16. The summed E-state index contributed by atoms with van der Waals surface area (Å²) in [4.78, 5) is 10.4. The molecule has 6 heteroatoms. The summed E-state index contributed by atoms with van der Waals surface area (Å²) in [6.45, 7) is 6.09. The van der Waals surface area contributed by atoms with Gasteiger partial charge in [-0.25, -0.2) is 9.97 Å². The maximum Gasteiger partial charge on any atom is 0.160 e. The molecular weight excluding hydrogens is 325 g/mol. The van der Waals surface area contributed by atoms with Crippen molar-refractivity contribution in [3.63, 3.8) is 0 Å². The van der Waals surface area contributed by atoms with Crippen molar-refractivity contribution in [1.82, 2.24) is 14.5 Å². The Bertz CT molecular complexity index is 791. The number of nitrogens with zero attached hydrogens (tertiary/aromatic N) is 3. The van der Waals surface area contributed by atoms with Gasteiger partial charge in [-0.05, 0) is 44.5 Å². The van der Waals surface area contributed by atoms with Crippen LogP contribution in [0.4, 0.5) is 0 Å². The lowest BCUT2D eigenvalue weighted by molar-refractivity contribution is 0.623. The third kappa shape index (κ3) is 2.56. The molecule has 3 aromatic heterocycles. The largest absolute Gasteiger partial charge is 0.303 e. The highest BCUT2D eigenvalue weighted by Gasteiger charge is 2.22. The predicted octanol–water partition coefficient (Wildman–Crippen LogP) is 5.36. The van der Waals surface area contributed by atoms with Crippen LogP contribution < -0.4 is 0 Å². The van der Waals surface area contributed by atoms with Crippen LogP contribution in [-0.4, -0.2) is 14.5 Å². The Labute approximate surface area is 137 Å². The first-order valence-corrected chi connectivity index (χ1v) is 8.35. The summed E-state index contributed by atoms with van der Waals surface area (Å²) in [5.74, 6) is 0.838. The van der Waals surface area contributed by atoms with Crippen molar-refractivity contribution in [2.24, 2.45) is 0 Å². The second-order valence-electron chi connectivity index (χ2n) is 5.07. The number of thiophene rings is 1. The molecule has 3 heterocycles. The van der Waals surface area contributed by atoms with Crippen molar-refractivity contribution in [3.05, 3.63) is 45.0 Å². The van der Waals surface area contributed by atoms with Crippen LogP contribution in [0.2, 0.25) is 4.34 Å². The van der Waals surface area contributed by atoms with Crippen LogP contribution in [0.1, 0.15) is 41.5 Å². The molecule has 0 N–H and O–H groups in total. The van der Waals surface area contributed by atoms with E-state index < -0.39 is 0 Å². The van der Waals surface area contributed by atoms with Gasteiger partial charge in [0.2, 0.25) is 0 Å². The standard InChI is InChI=1S/C15H15Cl2N3S/c1-8-6-7-18-15-13(8)19-14(9(2)16)20(15)10(3)11-4-5-12(17)21-11/h4-7,9-10H,1-3H3. The molecule has 0 aliphatic rings. The zero-order valence-corrected chi connectivity index (χ0v) is 14.3. The molecule has 0 aliphatic carbocycles. The van der Waals surface area contributed by atoms with Crippen molar-refractivity contribution >= 4 is 45.7 Å². The Morgan fingerprint density at radius 2 is 2.00 bits per heavy atom. The lowest BCUT2D eigenvalue weighted by Crippen LogP contribution is -2.10. The third-order valence-corrected chi connectivity index (χ3v) is 5.15. The molecule has 0 spiro atoms. The lowest BCUT2D eigenvalue weighted by Gasteiger charge is -2.16. The highest BCUT2D eigenvalue weighted by Crippen LogP contribution is 2.34. The van der Waals surface area contributed by atoms with Gasteiger partial charge in [-0.2, -0.15) is 0 Å². The van der Waals surface area contributed by atoms with E-state index in [-0.39, 0.29) is 11.4 Å². The van der Waals surface area contributed by atoms with Crippen molar-refractivity contribution in [1.29, 1.82) is 0 Å². The molecule has 2 atom stereocenters. The molecule has 0 bridgehead atoms. The van der Waals surface area contributed by atoms with E-state index in [2.05, 4.69) is 16.5 Å². The van der Waals surface area contributed by atoms with Crippen LogP contribution in [0, 0.1) is 6.92 Å². The zero-order valence-electron chi connectivity index (χ0n) is 12.0. The van der Waals surface area contributed by atoms with E-state index >= 15 is 0 Å². The smallest absolute Gasteiger partial charge is 0.160 e. The number of imidazole rings is 1. The minimum Gasteiger partial charge on any atom is -0.303 e. The van der Waals surface area contributed by atoms with Crippen LogP contribution in [0.5, 0.6) is 0 Å². The fourth-order valence-electron chi connectivity index (χ4n) is 2.47. The van der Waals surface area contributed by atoms with Gasteiger partial charge in [0.25, 0.3) is 0 Å². The number of alkyl halides is 1. The van der Waals surface area contributed by atoms with Gasteiger partial charge in [-0.1, -0.05) is 11.6 Å². The number of aromatic nitrogens is 3. The van der Waals surface area contributed by atoms with Crippen LogP contribution in [-0.2, 0) is 0 Å². The number of pyridine rings is 1. The minimum atomic E-state index is -0.184. The molecule has 21 heavy (non-hydrogen) atoms. The normalized spacial score (nSPS) is 14.5. The van der Waals surface area contributed by atoms with Crippen molar-refractivity contribution in [2.45, 2.75) is 32.2 Å². The first-order valence-electron chi connectivity index (χ1n) is 6.71. The first-order chi connectivity index (χ1) is 9.99. The van der Waals surface area contributed by atoms with E-state index in [9.17, 15) is 0 Å². The van der Waals surface area contributed by atoms with Gasteiger partial charge in [0.1, 0.15) is 11.3 Å². The number of halogens is 2. The minimum absolute atomic E-state index is 0.0954. The van der Waals surface area contributed by atoms with Crippen molar-refractivity contribution < 1.29 is 0 Å². The number of fused-ring (bicyclic) bond motifs is 1. The number of rotatable bonds is 3. The van der Waals surface area contributed by atoms with Gasteiger partial charge in [0.15, 0.2) is 5.65 Å². The van der Waals surface area contributed by atoms with E-state index in [1.54, 1.807) is 11.3 Å². The molecule has 3 rings (SSSR count). The molecule has 0 amide bonds. The summed E-state index contributed by atoms with van der Waals surface area (Å²) < 4.78 is 2.90. The molecule has 3 aromatic rings. The molecule has 0 fully saturated rings. The third-order valence-electron chi connectivity index (χ3n) is 3.56. The van der Waals surface area contributed by atoms with Gasteiger partial charge < -0.3 is 4.57 Å². The second kappa shape index (κ2) is 5.59. The Balaban J connectivity index is 2.24. The number of aryl methyl sites for hydroxylation is 1. The molecule has 0 aliphatic heterocycles. The fourth-order valence-corrected chi connectivity index (χ4v) is 3.73. The molecule has 2 unspecified atom stereocenters. The summed E-state index contributed by atoms with van der Waals surface area (Å²) in [5, 5.41) is -0.184. The first kappa shape index (κ1) is 14.8. The Hall–Kier alpha value is -1.10. The Morgan fingerprint density at radius 1 is 1.24 bits per heavy atom. The summed E-state index contributed by atoms with van der Waals surface area (Å²) >= 11 is 14.0. The number of hydrogen-bond acceptors (Lipinski definition) is 3. The molecular formula is C15H15Cl2N3S. The summed E-state index contributed by atoms with van der Waals surface area (Å²) in [7, 11) is 0. The molecule has 0 radical (unpaired) electrons. The maximum absolute atomic E-state index is 6.34. The van der Waals surface area contributed by atoms with Gasteiger partial charge >= 0.3 is 0 Å². The average molecular weight is 340 g/mol. The number of hydrogen-bond donors (Lipinski definition) is 0. The van der Waals surface area contributed by atoms with Gasteiger partial charge in [-0.3, -0.25) is 0 Å². The van der Waals surface area contributed by atoms with E-state index in [0.29, 0.717) is 0 Å². The van der Waals surface area contributed by atoms with Gasteiger partial charge in [0.05, 0.1) is 15.8 Å². The van der Waals surface area contributed by atoms with Crippen LogP contribution in [0.15, 0.2) is 24.4 Å². The molecule has 0 saturated heterocycles. The predicted molar refractivity (Wildman–Crippen MR) is 89.7 cm³/mol. The van der Waals surface area contributed by atoms with E-state index in [1.807, 2.05) is 38.2 Å². The van der Waals surface area contributed by atoms with Crippen LogP contribution >= 0.6 is 34.5 Å². The molecule has 110 valence electrons. The lowest BCUT2D eigenvalue weighted by atomic mass is 10.2. The monoisotopic (exact) mass is 339 g/mol. The van der Waals surface area contributed by atoms with Gasteiger partial charge in [-0.15, -0.1) is 22.9 Å². The summed E-state index contributed by atoms with van der Waals surface area (Å²) in [6, 6.07) is 6.02. The average Bonchev–Trinajstić information content (AvgIpc) is 3.02. The maximum atomic E-state index is 6.34. The Morgan fingerprint density at radius 3 is 2.62 bits per heavy atom. The van der Waals surface area contributed by atoms with Gasteiger partial charge in [0, 0.05) is 11.1 Å². The van der Waals surface area contributed by atoms with E-state index in [4.69, 9.17) is 28.2 Å². The van der Waals surface area contributed by atoms with E-state index in [1.165, 1.54) is 4.88 Å². The highest BCUT2D eigenvalue weighted by atomic mass is 35.5. The molecule has 0 aromatic carbocycles. The summed E-state index contributed by atoms with van der Waals surface area (Å²) in [6.07, 6.45) is 1.81. The SMILES string of the molecule is Cc1ccnc2c1nc(C(C)Cl)n2C(C)c1ccc(Cl)s1. The molecule has 0 saturated carbocycles. The van der Waals surface area contributed by atoms with Crippen molar-refractivity contribution in [3.8, 4) is 0 Å². The second-order valence-corrected chi connectivity index (χ2v) is 7.48.